The van der Waals surface area contributed by atoms with E-state index in [1.165, 1.54) is 11.3 Å². The van der Waals surface area contributed by atoms with Gasteiger partial charge in [0.15, 0.2) is 0 Å². The number of carbonyl (C=O) groups is 1. The summed E-state index contributed by atoms with van der Waals surface area (Å²) in [7, 11) is 0. The molecule has 130 valence electrons. The van der Waals surface area contributed by atoms with Gasteiger partial charge in [-0.05, 0) is 55.1 Å². The summed E-state index contributed by atoms with van der Waals surface area (Å²) in [5.74, 6) is 0.254. The lowest BCUT2D eigenvalue weighted by Gasteiger charge is -2.08. The first-order valence-corrected chi connectivity index (χ1v) is 9.16. The van der Waals surface area contributed by atoms with Crippen LogP contribution in [0.3, 0.4) is 0 Å². The minimum atomic E-state index is -0.333. The molecular formula is C18H18ClN3O2S. The van der Waals surface area contributed by atoms with Crippen LogP contribution in [0, 0.1) is 13.8 Å². The normalized spacial score (nSPS) is 10.9. The Morgan fingerprint density at radius 2 is 2.12 bits per heavy atom. The van der Waals surface area contributed by atoms with Crippen LogP contribution in [-0.2, 0) is 4.74 Å². The third-order valence-electron chi connectivity index (χ3n) is 3.67. The Balaban J connectivity index is 2.06. The van der Waals surface area contributed by atoms with Gasteiger partial charge >= 0.3 is 5.97 Å². The average molecular weight is 376 g/mol. The van der Waals surface area contributed by atoms with Crippen LogP contribution < -0.4 is 5.32 Å². The number of halogens is 1. The molecule has 0 spiro atoms. The number of hydrogen-bond acceptors (Lipinski definition) is 6. The highest BCUT2D eigenvalue weighted by Crippen LogP contribution is 2.36. The molecule has 2 aromatic heterocycles. The number of esters is 1. The van der Waals surface area contributed by atoms with Gasteiger partial charge in [-0.25, -0.2) is 9.78 Å². The molecule has 0 aliphatic carbocycles. The average Bonchev–Trinajstić information content (AvgIpc) is 2.89. The molecule has 0 aliphatic rings. The lowest BCUT2D eigenvalue weighted by molar-refractivity contribution is 0.0510. The maximum Gasteiger partial charge on any atom is 0.348 e. The highest BCUT2D eigenvalue weighted by molar-refractivity contribution is 7.20. The van der Waals surface area contributed by atoms with Gasteiger partial charge in [-0.1, -0.05) is 19.1 Å². The van der Waals surface area contributed by atoms with E-state index in [1.54, 1.807) is 0 Å². The van der Waals surface area contributed by atoms with Crippen molar-refractivity contribution in [1.82, 2.24) is 9.97 Å². The monoisotopic (exact) mass is 375 g/mol. The number of rotatable bonds is 5. The number of anilines is 2. The van der Waals surface area contributed by atoms with Gasteiger partial charge in [-0.3, -0.25) is 0 Å². The van der Waals surface area contributed by atoms with Crippen LogP contribution in [0.1, 0.15) is 34.1 Å². The maximum absolute atomic E-state index is 12.3. The van der Waals surface area contributed by atoms with Crippen molar-refractivity contribution >= 4 is 50.6 Å². The number of fused-ring (bicyclic) bond motifs is 1. The van der Waals surface area contributed by atoms with E-state index in [0.717, 1.165) is 28.6 Å². The van der Waals surface area contributed by atoms with Crippen molar-refractivity contribution in [3.63, 3.8) is 0 Å². The molecule has 7 heteroatoms. The summed E-state index contributed by atoms with van der Waals surface area (Å²) in [5.41, 5.74) is 2.83. The predicted molar refractivity (Wildman–Crippen MR) is 102 cm³/mol. The summed E-state index contributed by atoms with van der Waals surface area (Å²) in [6.07, 6.45) is 0.779. The number of aryl methyl sites for hydroxylation is 2. The number of carbonyl (C=O) groups excluding carboxylic acids is 1. The molecule has 0 fully saturated rings. The van der Waals surface area contributed by atoms with Gasteiger partial charge in [0.05, 0.1) is 12.0 Å². The van der Waals surface area contributed by atoms with Gasteiger partial charge in [0.2, 0.25) is 5.28 Å². The minimum absolute atomic E-state index is 0.136. The van der Waals surface area contributed by atoms with Gasteiger partial charge in [0.1, 0.15) is 15.5 Å². The summed E-state index contributed by atoms with van der Waals surface area (Å²) in [6, 6.07) is 7.95. The second-order valence-electron chi connectivity index (χ2n) is 5.71. The first-order chi connectivity index (χ1) is 12.0. The summed E-state index contributed by atoms with van der Waals surface area (Å²) in [6.45, 7) is 6.25. The van der Waals surface area contributed by atoms with Crippen molar-refractivity contribution in [2.75, 3.05) is 11.9 Å². The van der Waals surface area contributed by atoms with Crippen LogP contribution in [0.4, 0.5) is 11.5 Å². The topological polar surface area (TPSA) is 64.1 Å². The number of nitrogens with zero attached hydrogens (tertiary/aromatic N) is 2. The molecule has 3 rings (SSSR count). The van der Waals surface area contributed by atoms with Crippen LogP contribution in [-0.4, -0.2) is 22.5 Å². The zero-order valence-corrected chi connectivity index (χ0v) is 15.8. The van der Waals surface area contributed by atoms with E-state index in [-0.39, 0.29) is 11.3 Å². The molecule has 0 saturated heterocycles. The van der Waals surface area contributed by atoms with E-state index >= 15 is 0 Å². The van der Waals surface area contributed by atoms with Crippen LogP contribution in [0.5, 0.6) is 0 Å². The molecule has 0 atom stereocenters. The fraction of sp³-hybridized carbons (Fsp3) is 0.278. The number of benzene rings is 1. The van der Waals surface area contributed by atoms with E-state index in [0.29, 0.717) is 22.1 Å². The summed E-state index contributed by atoms with van der Waals surface area (Å²) >= 11 is 7.35. The van der Waals surface area contributed by atoms with E-state index in [1.807, 2.05) is 45.0 Å². The third-order valence-corrected chi connectivity index (χ3v) is 5.00. The first kappa shape index (κ1) is 17.6. The van der Waals surface area contributed by atoms with Crippen molar-refractivity contribution in [3.05, 3.63) is 45.6 Å². The fourth-order valence-corrected chi connectivity index (χ4v) is 3.81. The van der Waals surface area contributed by atoms with E-state index < -0.39 is 0 Å². The summed E-state index contributed by atoms with van der Waals surface area (Å²) in [4.78, 5) is 22.1. The Bertz CT molecular complexity index is 939. The molecule has 0 unspecified atom stereocenters. The molecular weight excluding hydrogens is 358 g/mol. The molecule has 1 aromatic carbocycles. The van der Waals surface area contributed by atoms with Gasteiger partial charge < -0.3 is 10.1 Å². The molecule has 0 bridgehead atoms. The highest BCUT2D eigenvalue weighted by Gasteiger charge is 2.21. The zero-order chi connectivity index (χ0) is 18.0. The van der Waals surface area contributed by atoms with E-state index in [4.69, 9.17) is 16.3 Å². The van der Waals surface area contributed by atoms with Crippen molar-refractivity contribution in [2.45, 2.75) is 27.2 Å². The van der Waals surface area contributed by atoms with Crippen molar-refractivity contribution in [1.29, 1.82) is 0 Å². The highest BCUT2D eigenvalue weighted by atomic mass is 35.5. The van der Waals surface area contributed by atoms with Crippen molar-refractivity contribution in [3.8, 4) is 0 Å². The molecule has 0 aliphatic heterocycles. The van der Waals surface area contributed by atoms with Crippen molar-refractivity contribution < 1.29 is 9.53 Å². The van der Waals surface area contributed by atoms with E-state index in [9.17, 15) is 4.79 Å². The second kappa shape index (κ2) is 7.37. The van der Waals surface area contributed by atoms with Gasteiger partial charge in [-0.15, -0.1) is 11.3 Å². The molecule has 5 nitrogen and oxygen atoms in total. The molecule has 0 saturated carbocycles. The number of aromatic nitrogens is 2. The molecule has 1 N–H and O–H groups in total. The Hall–Kier alpha value is -2.18. The Morgan fingerprint density at radius 1 is 1.32 bits per heavy atom. The number of ether oxygens (including phenoxy) is 1. The number of hydrogen-bond donors (Lipinski definition) is 1. The van der Waals surface area contributed by atoms with Crippen LogP contribution in [0.15, 0.2) is 24.3 Å². The standard InChI is InChI=1S/C18H18ClN3O2S/c1-4-8-24-17(23)14-11(3)13-15(21-18(19)22-16(13)25-14)20-12-7-5-6-10(2)9-12/h5-7,9H,4,8H2,1-3H3,(H,20,21,22). The van der Waals surface area contributed by atoms with Gasteiger partial charge in [0, 0.05) is 5.69 Å². The smallest absolute Gasteiger partial charge is 0.348 e. The predicted octanol–water partition coefficient (Wildman–Crippen LogP) is 5.27. The first-order valence-electron chi connectivity index (χ1n) is 7.97. The largest absolute Gasteiger partial charge is 0.462 e. The van der Waals surface area contributed by atoms with E-state index in [2.05, 4.69) is 15.3 Å². The molecule has 0 radical (unpaired) electrons. The summed E-state index contributed by atoms with van der Waals surface area (Å²) in [5, 5.41) is 4.21. The SMILES string of the molecule is CCCOC(=O)c1sc2nc(Cl)nc(Nc3cccc(C)c3)c2c1C. The molecule has 25 heavy (non-hydrogen) atoms. The fourth-order valence-electron chi connectivity index (χ4n) is 2.52. The summed E-state index contributed by atoms with van der Waals surface area (Å²) < 4.78 is 5.26. The van der Waals surface area contributed by atoms with Crippen molar-refractivity contribution in [2.24, 2.45) is 0 Å². The van der Waals surface area contributed by atoms with Gasteiger partial charge in [0.25, 0.3) is 0 Å². The Labute approximate surface area is 155 Å². The Morgan fingerprint density at radius 3 is 2.84 bits per heavy atom. The van der Waals surface area contributed by atoms with Crippen LogP contribution in [0.25, 0.3) is 10.2 Å². The lowest BCUT2D eigenvalue weighted by Crippen LogP contribution is -2.05. The quantitative estimate of drug-likeness (QED) is 0.486. The number of nitrogens with one attached hydrogen (secondary N) is 1. The van der Waals surface area contributed by atoms with Gasteiger partial charge in [-0.2, -0.15) is 4.98 Å². The second-order valence-corrected chi connectivity index (χ2v) is 7.05. The molecule has 3 aromatic rings. The lowest BCUT2D eigenvalue weighted by atomic mass is 10.2. The van der Waals surface area contributed by atoms with Crippen LogP contribution in [0.2, 0.25) is 5.28 Å². The molecule has 2 heterocycles. The maximum atomic E-state index is 12.3. The Kier molecular flexibility index (Phi) is 5.20. The molecule has 0 amide bonds. The third kappa shape index (κ3) is 3.75. The van der Waals surface area contributed by atoms with Crippen LogP contribution >= 0.6 is 22.9 Å². The zero-order valence-electron chi connectivity index (χ0n) is 14.2. The minimum Gasteiger partial charge on any atom is -0.462 e. The number of thiophene rings is 1.